The van der Waals surface area contributed by atoms with Crippen molar-refractivity contribution in [3.05, 3.63) is 58.8 Å². The van der Waals surface area contributed by atoms with Gasteiger partial charge < -0.3 is 0 Å². The van der Waals surface area contributed by atoms with Crippen LogP contribution in [0.5, 0.6) is 0 Å². The molecule has 0 aliphatic rings. The summed E-state index contributed by atoms with van der Waals surface area (Å²) in [6.07, 6.45) is 3.24. The number of aromatic nitrogens is 4. The second kappa shape index (κ2) is 4.97. The van der Waals surface area contributed by atoms with Gasteiger partial charge in [-0.15, -0.1) is 0 Å². The number of nitrogens with zero attached hydrogens (tertiary/aromatic N) is 4. The molecule has 6 heteroatoms. The maximum atomic E-state index is 6.04. The van der Waals surface area contributed by atoms with E-state index >= 15 is 0 Å². The molecular formula is C18H8Cl2N4. The summed E-state index contributed by atoms with van der Waals surface area (Å²) in [6.45, 7) is 0. The van der Waals surface area contributed by atoms with Gasteiger partial charge in [-0.1, -0.05) is 35.3 Å². The molecular weight excluding hydrogens is 343 g/mol. The number of hydrogen-bond acceptors (Lipinski definition) is 4. The van der Waals surface area contributed by atoms with Gasteiger partial charge in [0.15, 0.2) is 0 Å². The van der Waals surface area contributed by atoms with Crippen LogP contribution in [0.3, 0.4) is 0 Å². The molecule has 0 bridgehead atoms. The van der Waals surface area contributed by atoms with Gasteiger partial charge >= 0.3 is 0 Å². The first kappa shape index (κ1) is 13.8. The first-order chi connectivity index (χ1) is 11.7. The summed E-state index contributed by atoms with van der Waals surface area (Å²) in [7, 11) is 0. The average Bonchev–Trinajstić information content (AvgIpc) is 2.59. The quantitative estimate of drug-likeness (QED) is 0.285. The van der Waals surface area contributed by atoms with Crippen molar-refractivity contribution in [1.29, 1.82) is 0 Å². The van der Waals surface area contributed by atoms with Gasteiger partial charge in [0.1, 0.15) is 11.0 Å². The minimum atomic E-state index is 0.595. The number of hydrogen-bond donors (Lipinski definition) is 0. The van der Waals surface area contributed by atoms with Crippen LogP contribution in [0.1, 0.15) is 0 Å². The number of benzene rings is 2. The number of rotatable bonds is 0. The molecule has 0 spiro atoms. The van der Waals surface area contributed by atoms with Crippen LogP contribution in [0.15, 0.2) is 48.8 Å². The van der Waals surface area contributed by atoms with Crippen molar-refractivity contribution in [3.8, 4) is 0 Å². The minimum absolute atomic E-state index is 0.595. The van der Waals surface area contributed by atoms with Gasteiger partial charge in [-0.05, 0) is 24.3 Å². The Labute approximate surface area is 146 Å². The Morgan fingerprint density at radius 3 is 1.58 bits per heavy atom. The summed E-state index contributed by atoms with van der Waals surface area (Å²) in [5, 5.41) is 3.05. The van der Waals surface area contributed by atoms with E-state index in [0.29, 0.717) is 10.0 Å². The number of pyridine rings is 2. The smallest absolute Gasteiger partial charge is 0.116 e. The Morgan fingerprint density at radius 1 is 0.583 bits per heavy atom. The molecule has 114 valence electrons. The molecule has 2 aromatic carbocycles. The summed E-state index contributed by atoms with van der Waals surface area (Å²) in [5.74, 6) is 0. The third kappa shape index (κ3) is 2.00. The molecule has 4 nitrogen and oxygen atoms in total. The summed E-state index contributed by atoms with van der Waals surface area (Å²) in [5.41, 5.74) is 4.60. The van der Waals surface area contributed by atoms with E-state index in [1.54, 1.807) is 12.4 Å². The first-order valence-corrected chi connectivity index (χ1v) is 8.05. The second-order valence-corrected chi connectivity index (χ2v) is 6.41. The molecule has 0 unspecified atom stereocenters. The van der Waals surface area contributed by atoms with Crippen molar-refractivity contribution in [2.45, 2.75) is 0 Å². The highest BCUT2D eigenvalue weighted by Gasteiger charge is 2.10. The summed E-state index contributed by atoms with van der Waals surface area (Å²) < 4.78 is 0. The van der Waals surface area contributed by atoms with E-state index in [9.17, 15) is 0 Å². The third-order valence-corrected chi connectivity index (χ3v) is 4.42. The van der Waals surface area contributed by atoms with Gasteiger partial charge in [-0.3, -0.25) is 9.97 Å². The lowest BCUT2D eigenvalue weighted by molar-refractivity contribution is 1.35. The minimum Gasteiger partial charge on any atom is -0.252 e. The summed E-state index contributed by atoms with van der Waals surface area (Å²) in [4.78, 5) is 18.4. The van der Waals surface area contributed by atoms with Crippen molar-refractivity contribution in [2.24, 2.45) is 0 Å². The lowest BCUT2D eigenvalue weighted by atomic mass is 10.1. The Kier molecular flexibility index (Phi) is 2.86. The zero-order valence-corrected chi connectivity index (χ0v) is 13.7. The van der Waals surface area contributed by atoms with Crippen LogP contribution in [-0.2, 0) is 0 Å². The standard InChI is InChI=1S/C18H8Cl2N4/c19-11-5-9-1-3-13-17(15(9)21-7-11)24-18-14(23-13)4-2-10-6-12(20)8-22-16(10)18/h1-8H. The topological polar surface area (TPSA) is 51.6 Å². The van der Waals surface area contributed by atoms with Crippen LogP contribution >= 0.6 is 23.2 Å². The van der Waals surface area contributed by atoms with Crippen molar-refractivity contribution in [2.75, 3.05) is 0 Å². The van der Waals surface area contributed by atoms with Gasteiger partial charge in [-0.25, -0.2) is 9.97 Å². The van der Waals surface area contributed by atoms with Crippen LogP contribution < -0.4 is 0 Å². The Balaban J connectivity index is 1.98. The monoisotopic (exact) mass is 350 g/mol. The molecule has 0 N–H and O–H groups in total. The van der Waals surface area contributed by atoms with Gasteiger partial charge in [-0.2, -0.15) is 0 Å². The molecule has 5 rings (SSSR count). The fourth-order valence-corrected chi connectivity index (χ4v) is 3.27. The number of fused-ring (bicyclic) bond motifs is 6. The fourth-order valence-electron chi connectivity index (χ4n) is 2.94. The molecule has 0 saturated heterocycles. The first-order valence-electron chi connectivity index (χ1n) is 7.29. The van der Waals surface area contributed by atoms with Gasteiger partial charge in [0.25, 0.3) is 0 Å². The number of halogens is 2. The predicted molar refractivity (Wildman–Crippen MR) is 97.7 cm³/mol. The highest BCUT2D eigenvalue weighted by Crippen LogP contribution is 2.28. The van der Waals surface area contributed by atoms with E-state index in [2.05, 4.69) is 9.97 Å². The highest BCUT2D eigenvalue weighted by molar-refractivity contribution is 6.31. The van der Waals surface area contributed by atoms with Gasteiger partial charge in [0.05, 0.1) is 32.1 Å². The molecule has 0 fully saturated rings. The maximum absolute atomic E-state index is 6.04. The van der Waals surface area contributed by atoms with E-state index < -0.39 is 0 Å². The highest BCUT2D eigenvalue weighted by atomic mass is 35.5. The zero-order chi connectivity index (χ0) is 16.3. The van der Waals surface area contributed by atoms with Gasteiger partial charge in [0.2, 0.25) is 0 Å². The van der Waals surface area contributed by atoms with Gasteiger partial charge in [0, 0.05) is 23.2 Å². The van der Waals surface area contributed by atoms with Crippen molar-refractivity contribution in [3.63, 3.8) is 0 Å². The lowest BCUT2D eigenvalue weighted by Crippen LogP contribution is -1.92. The summed E-state index contributed by atoms with van der Waals surface area (Å²) in [6, 6.07) is 11.5. The molecule has 0 amide bonds. The molecule has 5 aromatic rings. The molecule has 0 aliphatic heterocycles. The second-order valence-electron chi connectivity index (χ2n) is 5.54. The molecule has 0 radical (unpaired) electrons. The Bertz CT molecular complexity index is 1190. The summed E-state index contributed by atoms with van der Waals surface area (Å²) >= 11 is 12.1. The molecule has 0 aliphatic carbocycles. The van der Waals surface area contributed by atoms with E-state index in [1.165, 1.54) is 0 Å². The zero-order valence-electron chi connectivity index (χ0n) is 12.2. The predicted octanol–water partition coefficient (Wildman–Crippen LogP) is 5.19. The lowest BCUT2D eigenvalue weighted by Gasteiger charge is -2.06. The average molecular weight is 351 g/mol. The molecule has 0 atom stereocenters. The maximum Gasteiger partial charge on any atom is 0.116 e. The normalized spacial score (nSPS) is 11.8. The largest absolute Gasteiger partial charge is 0.252 e. The molecule has 0 saturated carbocycles. The van der Waals surface area contributed by atoms with E-state index in [0.717, 1.165) is 43.9 Å². The van der Waals surface area contributed by atoms with E-state index in [4.69, 9.17) is 33.2 Å². The molecule has 3 heterocycles. The van der Waals surface area contributed by atoms with Crippen molar-refractivity contribution in [1.82, 2.24) is 19.9 Å². The van der Waals surface area contributed by atoms with Crippen LogP contribution in [0.25, 0.3) is 43.9 Å². The van der Waals surface area contributed by atoms with Crippen LogP contribution in [0.2, 0.25) is 10.0 Å². The van der Waals surface area contributed by atoms with E-state index in [1.807, 2.05) is 36.4 Å². The fraction of sp³-hybridized carbons (Fsp3) is 0. The van der Waals surface area contributed by atoms with Crippen LogP contribution in [0, 0.1) is 0 Å². The SMILES string of the molecule is Clc1cnc2c(ccc3nc4ccc5cc(Cl)cnc5c4nc32)c1. The van der Waals surface area contributed by atoms with Crippen LogP contribution in [0.4, 0.5) is 0 Å². The van der Waals surface area contributed by atoms with E-state index in [-0.39, 0.29) is 0 Å². The van der Waals surface area contributed by atoms with Crippen LogP contribution in [-0.4, -0.2) is 19.9 Å². The molecule has 3 aromatic heterocycles. The van der Waals surface area contributed by atoms with Crippen molar-refractivity contribution < 1.29 is 0 Å². The third-order valence-electron chi connectivity index (χ3n) is 4.01. The Morgan fingerprint density at radius 2 is 1.08 bits per heavy atom. The Hall–Kier alpha value is -2.56. The molecule has 24 heavy (non-hydrogen) atoms. The van der Waals surface area contributed by atoms with Crippen molar-refractivity contribution >= 4 is 67.1 Å².